The van der Waals surface area contributed by atoms with E-state index in [0.717, 1.165) is 12.0 Å². The average molecular weight is 362 g/mol. The van der Waals surface area contributed by atoms with E-state index in [9.17, 15) is 4.79 Å². The summed E-state index contributed by atoms with van der Waals surface area (Å²) >= 11 is 6.04. The molecule has 0 saturated heterocycles. The van der Waals surface area contributed by atoms with Crippen LogP contribution in [0.25, 0.3) is 0 Å². The third-order valence-corrected chi connectivity index (χ3v) is 4.08. The summed E-state index contributed by atoms with van der Waals surface area (Å²) in [5, 5.41) is 3.30. The fraction of sp³-hybridized carbons (Fsp3) is 0.350. The van der Waals surface area contributed by atoms with Gasteiger partial charge in [0.1, 0.15) is 0 Å². The molecular weight excluding hydrogens is 338 g/mol. The Morgan fingerprint density at radius 2 is 1.92 bits per heavy atom. The number of halogens is 1. The number of nitrogens with one attached hydrogen (secondary N) is 1. The van der Waals surface area contributed by atoms with Crippen molar-refractivity contribution in [2.75, 3.05) is 13.7 Å². The zero-order valence-electron chi connectivity index (χ0n) is 14.8. The average Bonchev–Trinajstić information content (AvgIpc) is 2.60. The summed E-state index contributed by atoms with van der Waals surface area (Å²) in [7, 11) is 1.61. The molecule has 0 unspecified atom stereocenters. The molecule has 0 radical (unpaired) electrons. The number of amides is 1. The Kier molecular flexibility index (Phi) is 7.14. The van der Waals surface area contributed by atoms with E-state index in [4.69, 9.17) is 21.1 Å². The molecule has 0 atom stereocenters. The number of benzene rings is 2. The van der Waals surface area contributed by atoms with Crippen molar-refractivity contribution in [1.29, 1.82) is 0 Å². The van der Waals surface area contributed by atoms with E-state index in [1.807, 2.05) is 18.2 Å². The van der Waals surface area contributed by atoms with Crippen molar-refractivity contribution >= 4 is 17.5 Å². The van der Waals surface area contributed by atoms with Crippen molar-refractivity contribution < 1.29 is 14.3 Å². The van der Waals surface area contributed by atoms with Crippen LogP contribution in [0.1, 0.15) is 36.2 Å². The molecule has 0 fully saturated rings. The lowest BCUT2D eigenvalue weighted by atomic mass is 10.1. The Morgan fingerprint density at radius 1 is 1.16 bits per heavy atom. The van der Waals surface area contributed by atoms with Crippen molar-refractivity contribution in [2.24, 2.45) is 5.92 Å². The van der Waals surface area contributed by atoms with Crippen LogP contribution in [0.2, 0.25) is 5.02 Å². The number of carbonyl (C=O) groups excluding carboxylic acids is 1. The third kappa shape index (κ3) is 5.68. The first kappa shape index (κ1) is 19.1. The van der Waals surface area contributed by atoms with Gasteiger partial charge in [-0.2, -0.15) is 0 Å². The molecule has 4 nitrogen and oxygen atoms in total. The van der Waals surface area contributed by atoms with Crippen molar-refractivity contribution in [2.45, 2.75) is 26.8 Å². The molecule has 0 spiro atoms. The van der Waals surface area contributed by atoms with E-state index in [1.165, 1.54) is 0 Å². The largest absolute Gasteiger partial charge is 0.493 e. The van der Waals surface area contributed by atoms with Gasteiger partial charge in [0.25, 0.3) is 5.91 Å². The zero-order valence-corrected chi connectivity index (χ0v) is 15.6. The number of hydrogen-bond acceptors (Lipinski definition) is 3. The Balaban J connectivity index is 1.98. The molecule has 25 heavy (non-hydrogen) atoms. The van der Waals surface area contributed by atoms with Crippen LogP contribution < -0.4 is 14.8 Å². The van der Waals surface area contributed by atoms with Gasteiger partial charge in [-0.15, -0.1) is 0 Å². The van der Waals surface area contributed by atoms with Gasteiger partial charge in [0.15, 0.2) is 11.5 Å². The number of rotatable bonds is 8. The highest BCUT2D eigenvalue weighted by molar-refractivity contribution is 6.33. The molecule has 0 heterocycles. The first-order valence-electron chi connectivity index (χ1n) is 8.33. The van der Waals surface area contributed by atoms with Crippen molar-refractivity contribution in [3.63, 3.8) is 0 Å². The maximum Gasteiger partial charge on any atom is 0.253 e. The van der Waals surface area contributed by atoms with E-state index in [2.05, 4.69) is 19.2 Å². The number of carbonyl (C=O) groups is 1. The van der Waals surface area contributed by atoms with Crippen molar-refractivity contribution in [1.82, 2.24) is 5.32 Å². The van der Waals surface area contributed by atoms with Gasteiger partial charge >= 0.3 is 0 Å². The van der Waals surface area contributed by atoms with Crippen LogP contribution >= 0.6 is 11.6 Å². The van der Waals surface area contributed by atoms with E-state index in [1.54, 1.807) is 31.4 Å². The van der Waals surface area contributed by atoms with Crippen LogP contribution in [-0.2, 0) is 6.54 Å². The summed E-state index contributed by atoms with van der Waals surface area (Å²) in [6.45, 7) is 5.35. The maximum absolute atomic E-state index is 12.2. The Hall–Kier alpha value is -2.20. The molecule has 2 aromatic carbocycles. The van der Waals surface area contributed by atoms with Gasteiger partial charge in [0.2, 0.25) is 0 Å². The topological polar surface area (TPSA) is 47.6 Å². The first-order chi connectivity index (χ1) is 12.0. The SMILES string of the molecule is COc1cc(CNC(=O)c2ccccc2Cl)ccc1OCCC(C)C. The molecule has 2 rings (SSSR count). The predicted octanol–water partition coefficient (Wildman–Crippen LogP) is 4.70. The minimum absolute atomic E-state index is 0.207. The summed E-state index contributed by atoms with van der Waals surface area (Å²) in [5.41, 5.74) is 1.39. The van der Waals surface area contributed by atoms with Crippen LogP contribution in [0.15, 0.2) is 42.5 Å². The predicted molar refractivity (Wildman–Crippen MR) is 101 cm³/mol. The standard InChI is InChI=1S/C20H24ClNO3/c1-14(2)10-11-25-18-9-8-15(12-19(18)24-3)13-22-20(23)16-6-4-5-7-17(16)21/h4-9,12,14H,10-11,13H2,1-3H3,(H,22,23). The molecule has 0 aliphatic carbocycles. The summed E-state index contributed by atoms with van der Waals surface area (Å²) in [4.78, 5) is 12.2. The minimum atomic E-state index is -0.207. The van der Waals surface area contributed by atoms with E-state index in [0.29, 0.717) is 41.2 Å². The molecule has 0 aliphatic heterocycles. The lowest BCUT2D eigenvalue weighted by molar-refractivity contribution is 0.0951. The highest BCUT2D eigenvalue weighted by Gasteiger charge is 2.11. The maximum atomic E-state index is 12.2. The molecule has 134 valence electrons. The molecule has 1 amide bonds. The van der Waals surface area contributed by atoms with Gasteiger partial charge in [0, 0.05) is 6.54 Å². The van der Waals surface area contributed by atoms with Gasteiger partial charge < -0.3 is 14.8 Å². The first-order valence-corrected chi connectivity index (χ1v) is 8.71. The van der Waals surface area contributed by atoms with Gasteiger partial charge in [-0.25, -0.2) is 0 Å². The van der Waals surface area contributed by atoms with Crippen LogP contribution in [0.5, 0.6) is 11.5 Å². The van der Waals surface area contributed by atoms with Gasteiger partial charge in [-0.3, -0.25) is 4.79 Å². The summed E-state index contributed by atoms with van der Waals surface area (Å²) < 4.78 is 11.2. The van der Waals surface area contributed by atoms with E-state index in [-0.39, 0.29) is 5.91 Å². The second-order valence-corrected chi connectivity index (χ2v) is 6.59. The molecule has 1 N–H and O–H groups in total. The zero-order chi connectivity index (χ0) is 18.2. The lowest BCUT2D eigenvalue weighted by Crippen LogP contribution is -2.23. The minimum Gasteiger partial charge on any atom is -0.493 e. The van der Waals surface area contributed by atoms with Crippen molar-refractivity contribution in [3.8, 4) is 11.5 Å². The highest BCUT2D eigenvalue weighted by atomic mass is 35.5. The normalized spacial score (nSPS) is 10.6. The molecule has 2 aromatic rings. The quantitative estimate of drug-likeness (QED) is 0.741. The van der Waals surface area contributed by atoms with Gasteiger partial charge in [0.05, 0.1) is 24.3 Å². The fourth-order valence-corrected chi connectivity index (χ4v) is 2.49. The Bertz CT molecular complexity index is 716. The Labute approximate surface area is 154 Å². The second-order valence-electron chi connectivity index (χ2n) is 6.18. The number of hydrogen-bond donors (Lipinski definition) is 1. The van der Waals surface area contributed by atoms with Crippen molar-refractivity contribution in [3.05, 3.63) is 58.6 Å². The fourth-order valence-electron chi connectivity index (χ4n) is 2.27. The monoisotopic (exact) mass is 361 g/mol. The molecule has 0 bridgehead atoms. The molecule has 5 heteroatoms. The number of methoxy groups -OCH3 is 1. The summed E-state index contributed by atoms with van der Waals surface area (Å²) in [6.07, 6.45) is 0.985. The summed E-state index contributed by atoms with van der Waals surface area (Å²) in [5.74, 6) is 1.75. The van der Waals surface area contributed by atoms with Crippen LogP contribution in [-0.4, -0.2) is 19.6 Å². The third-order valence-electron chi connectivity index (χ3n) is 3.75. The second kappa shape index (κ2) is 9.33. The number of ether oxygens (including phenoxy) is 2. The lowest BCUT2D eigenvalue weighted by Gasteiger charge is -2.13. The molecule has 0 aliphatic rings. The van der Waals surface area contributed by atoms with Crippen LogP contribution in [0.3, 0.4) is 0 Å². The van der Waals surface area contributed by atoms with E-state index < -0.39 is 0 Å². The molecule has 0 aromatic heterocycles. The van der Waals surface area contributed by atoms with Crippen LogP contribution in [0, 0.1) is 5.92 Å². The highest BCUT2D eigenvalue weighted by Crippen LogP contribution is 2.28. The Morgan fingerprint density at radius 3 is 2.60 bits per heavy atom. The van der Waals surface area contributed by atoms with Crippen LogP contribution in [0.4, 0.5) is 0 Å². The van der Waals surface area contributed by atoms with E-state index >= 15 is 0 Å². The van der Waals surface area contributed by atoms with Gasteiger partial charge in [-0.05, 0) is 42.2 Å². The van der Waals surface area contributed by atoms with Gasteiger partial charge in [-0.1, -0.05) is 43.6 Å². The molecular formula is C20H24ClNO3. The smallest absolute Gasteiger partial charge is 0.253 e. The molecule has 0 saturated carbocycles. The summed E-state index contributed by atoms with van der Waals surface area (Å²) in [6, 6.07) is 12.6.